The van der Waals surface area contributed by atoms with Crippen molar-refractivity contribution < 1.29 is 9.84 Å². The van der Waals surface area contributed by atoms with Crippen molar-refractivity contribution in [3.8, 4) is 5.75 Å². The minimum atomic E-state index is 0.0194. The van der Waals surface area contributed by atoms with Gasteiger partial charge in [-0.1, -0.05) is 48.0 Å². The van der Waals surface area contributed by atoms with E-state index in [1.165, 1.54) is 5.56 Å². The summed E-state index contributed by atoms with van der Waals surface area (Å²) in [6, 6.07) is 20.3. The van der Waals surface area contributed by atoms with Gasteiger partial charge in [-0.05, 0) is 41.6 Å². The van der Waals surface area contributed by atoms with Crippen LogP contribution in [0.5, 0.6) is 5.75 Å². The molecule has 0 aliphatic rings. The fourth-order valence-corrected chi connectivity index (χ4v) is 2.44. The van der Waals surface area contributed by atoms with Gasteiger partial charge in [-0.2, -0.15) is 0 Å². The fourth-order valence-electron chi connectivity index (χ4n) is 2.44. The number of hydrogen-bond acceptors (Lipinski definition) is 2. The molecule has 0 atom stereocenters. The van der Waals surface area contributed by atoms with E-state index in [9.17, 15) is 5.11 Å². The van der Waals surface area contributed by atoms with Crippen LogP contribution in [0.4, 0.5) is 0 Å². The number of fused-ring (bicyclic) bond motifs is 1. The Morgan fingerprint density at radius 3 is 2.48 bits per heavy atom. The predicted molar refractivity (Wildman–Crippen MR) is 85.4 cm³/mol. The van der Waals surface area contributed by atoms with Crippen LogP contribution < -0.4 is 4.74 Å². The molecule has 106 valence electrons. The molecule has 3 aromatic rings. The Labute approximate surface area is 124 Å². The molecule has 0 saturated heterocycles. The second-order valence-corrected chi connectivity index (χ2v) is 5.25. The second kappa shape index (κ2) is 5.98. The minimum Gasteiger partial charge on any atom is -0.488 e. The van der Waals surface area contributed by atoms with E-state index >= 15 is 0 Å². The highest BCUT2D eigenvalue weighted by Gasteiger charge is 2.06. The lowest BCUT2D eigenvalue weighted by molar-refractivity contribution is 0.279. The molecule has 0 spiro atoms. The van der Waals surface area contributed by atoms with E-state index in [1.807, 2.05) is 42.5 Å². The zero-order valence-corrected chi connectivity index (χ0v) is 12.0. The van der Waals surface area contributed by atoms with E-state index < -0.39 is 0 Å². The Balaban J connectivity index is 1.97. The molecule has 21 heavy (non-hydrogen) atoms. The Morgan fingerprint density at radius 1 is 0.905 bits per heavy atom. The summed E-state index contributed by atoms with van der Waals surface area (Å²) in [5.74, 6) is 0.823. The van der Waals surface area contributed by atoms with Gasteiger partial charge < -0.3 is 9.84 Å². The maximum absolute atomic E-state index is 9.41. The summed E-state index contributed by atoms with van der Waals surface area (Å²) in [6.07, 6.45) is 0. The Hall–Kier alpha value is -2.32. The van der Waals surface area contributed by atoms with Crippen molar-refractivity contribution in [2.75, 3.05) is 0 Å². The predicted octanol–water partition coefficient (Wildman–Crippen LogP) is 4.22. The van der Waals surface area contributed by atoms with Crippen LogP contribution in [0, 0.1) is 6.92 Å². The van der Waals surface area contributed by atoms with Gasteiger partial charge in [-0.25, -0.2) is 0 Å². The highest BCUT2D eigenvalue weighted by Crippen LogP contribution is 2.29. The van der Waals surface area contributed by atoms with Gasteiger partial charge in [0.25, 0.3) is 0 Å². The first-order valence-corrected chi connectivity index (χ1v) is 7.07. The molecule has 2 nitrogen and oxygen atoms in total. The molecule has 0 radical (unpaired) electrons. The third-order valence-electron chi connectivity index (χ3n) is 3.55. The van der Waals surface area contributed by atoms with Crippen molar-refractivity contribution in [1.29, 1.82) is 0 Å². The van der Waals surface area contributed by atoms with Gasteiger partial charge in [0.15, 0.2) is 0 Å². The molecule has 0 saturated carbocycles. The summed E-state index contributed by atoms with van der Waals surface area (Å²) in [4.78, 5) is 0. The number of aliphatic hydroxyl groups excluding tert-OH is 1. The minimum absolute atomic E-state index is 0.0194. The molecule has 0 heterocycles. The lowest BCUT2D eigenvalue weighted by Crippen LogP contribution is -1.97. The van der Waals surface area contributed by atoms with Crippen molar-refractivity contribution in [2.45, 2.75) is 20.1 Å². The number of ether oxygens (including phenoxy) is 1. The molecule has 0 aliphatic heterocycles. The van der Waals surface area contributed by atoms with Crippen molar-refractivity contribution in [1.82, 2.24) is 0 Å². The van der Waals surface area contributed by atoms with Crippen LogP contribution in [-0.4, -0.2) is 5.11 Å². The molecule has 0 amide bonds. The lowest BCUT2D eigenvalue weighted by Gasteiger charge is -2.12. The van der Waals surface area contributed by atoms with Crippen molar-refractivity contribution >= 4 is 10.8 Å². The molecular weight excluding hydrogens is 260 g/mol. The monoisotopic (exact) mass is 278 g/mol. The number of aryl methyl sites for hydroxylation is 1. The molecule has 1 N–H and O–H groups in total. The van der Waals surface area contributed by atoms with E-state index in [1.54, 1.807) is 0 Å². The van der Waals surface area contributed by atoms with E-state index in [0.717, 1.165) is 27.6 Å². The first-order valence-electron chi connectivity index (χ1n) is 7.07. The zero-order chi connectivity index (χ0) is 14.7. The first-order chi connectivity index (χ1) is 10.3. The van der Waals surface area contributed by atoms with E-state index in [-0.39, 0.29) is 6.61 Å². The summed E-state index contributed by atoms with van der Waals surface area (Å²) in [5.41, 5.74) is 3.20. The number of aliphatic hydroxyl groups is 1. The highest BCUT2D eigenvalue weighted by atomic mass is 16.5. The van der Waals surface area contributed by atoms with Gasteiger partial charge in [0, 0.05) is 5.39 Å². The van der Waals surface area contributed by atoms with Crippen LogP contribution in [0.25, 0.3) is 10.8 Å². The molecule has 0 fully saturated rings. The van der Waals surface area contributed by atoms with Gasteiger partial charge >= 0.3 is 0 Å². The smallest absolute Gasteiger partial charge is 0.128 e. The van der Waals surface area contributed by atoms with Crippen molar-refractivity contribution in [2.24, 2.45) is 0 Å². The molecule has 0 aromatic heterocycles. The Morgan fingerprint density at radius 2 is 1.71 bits per heavy atom. The molecule has 0 bridgehead atoms. The molecule has 0 unspecified atom stereocenters. The van der Waals surface area contributed by atoms with Gasteiger partial charge in [0.05, 0.1) is 6.61 Å². The summed E-state index contributed by atoms with van der Waals surface area (Å²) in [7, 11) is 0. The van der Waals surface area contributed by atoms with Crippen LogP contribution in [0.1, 0.15) is 16.7 Å². The van der Waals surface area contributed by atoms with Gasteiger partial charge in [0.2, 0.25) is 0 Å². The molecule has 3 aromatic carbocycles. The lowest BCUT2D eigenvalue weighted by atomic mass is 10.0. The van der Waals surface area contributed by atoms with Gasteiger partial charge in [0.1, 0.15) is 12.4 Å². The summed E-state index contributed by atoms with van der Waals surface area (Å²) < 4.78 is 5.99. The van der Waals surface area contributed by atoms with Crippen LogP contribution >= 0.6 is 0 Å². The van der Waals surface area contributed by atoms with Crippen LogP contribution in [0.2, 0.25) is 0 Å². The maximum Gasteiger partial charge on any atom is 0.128 e. The zero-order valence-electron chi connectivity index (χ0n) is 12.0. The van der Waals surface area contributed by atoms with Crippen molar-refractivity contribution in [3.63, 3.8) is 0 Å². The largest absolute Gasteiger partial charge is 0.488 e. The van der Waals surface area contributed by atoms with Crippen LogP contribution in [0.3, 0.4) is 0 Å². The summed E-state index contributed by atoms with van der Waals surface area (Å²) >= 11 is 0. The van der Waals surface area contributed by atoms with E-state index in [4.69, 9.17) is 4.74 Å². The second-order valence-electron chi connectivity index (χ2n) is 5.25. The van der Waals surface area contributed by atoms with Gasteiger partial charge in [-0.3, -0.25) is 0 Å². The molecule has 3 rings (SSSR count). The highest BCUT2D eigenvalue weighted by molar-refractivity contribution is 5.89. The number of rotatable bonds is 4. The third-order valence-corrected chi connectivity index (χ3v) is 3.55. The van der Waals surface area contributed by atoms with Crippen LogP contribution in [0.15, 0.2) is 60.7 Å². The Kier molecular flexibility index (Phi) is 3.89. The average molecular weight is 278 g/mol. The van der Waals surface area contributed by atoms with E-state index in [0.29, 0.717) is 6.61 Å². The fraction of sp³-hybridized carbons (Fsp3) is 0.158. The third kappa shape index (κ3) is 3.06. The quantitative estimate of drug-likeness (QED) is 0.774. The molecule has 2 heteroatoms. The van der Waals surface area contributed by atoms with Crippen LogP contribution in [-0.2, 0) is 13.2 Å². The number of hydrogen-bond donors (Lipinski definition) is 1. The Bertz CT molecular complexity index is 748. The van der Waals surface area contributed by atoms with E-state index in [2.05, 4.69) is 25.1 Å². The normalized spacial score (nSPS) is 10.8. The number of benzene rings is 3. The van der Waals surface area contributed by atoms with Crippen molar-refractivity contribution in [3.05, 3.63) is 77.4 Å². The molecular formula is C19H18O2. The average Bonchev–Trinajstić information content (AvgIpc) is 2.53. The molecule has 0 aliphatic carbocycles. The summed E-state index contributed by atoms with van der Waals surface area (Å²) in [6.45, 7) is 2.62. The topological polar surface area (TPSA) is 29.5 Å². The SMILES string of the molecule is Cc1ccc2cc(CO)cc(OCc3ccccc3)c2c1. The van der Waals surface area contributed by atoms with Gasteiger partial charge in [-0.15, -0.1) is 0 Å². The first kappa shape index (κ1) is 13.7. The standard InChI is InChI=1S/C19H18O2/c1-14-7-8-17-10-16(12-20)11-19(18(17)9-14)21-13-15-5-3-2-4-6-15/h2-11,20H,12-13H2,1H3. The summed E-state index contributed by atoms with van der Waals surface area (Å²) in [5, 5.41) is 11.6. The maximum atomic E-state index is 9.41.